The summed E-state index contributed by atoms with van der Waals surface area (Å²) in [7, 11) is 0. The summed E-state index contributed by atoms with van der Waals surface area (Å²) in [5.74, 6) is 0.564. The number of nitrogens with two attached hydrogens (primary N) is 1. The molecule has 4 heteroatoms. The minimum Gasteiger partial charge on any atom is -0.385 e. The van der Waals surface area contributed by atoms with Crippen LogP contribution in [0, 0.1) is 0 Å². The average molecular weight is 160 g/mol. The molecule has 60 valence electrons. The van der Waals surface area contributed by atoms with Gasteiger partial charge in [0.05, 0.1) is 12.1 Å². The van der Waals surface area contributed by atoms with E-state index in [9.17, 15) is 0 Å². The Morgan fingerprint density at radius 2 is 2.25 bits per heavy atom. The lowest BCUT2D eigenvalue weighted by molar-refractivity contribution is 1.25. The molecule has 0 amide bonds. The Kier molecular flexibility index (Phi) is 1.59. The molecule has 0 unspecified atom stereocenters. The van der Waals surface area contributed by atoms with Gasteiger partial charge in [0.25, 0.3) is 0 Å². The van der Waals surface area contributed by atoms with Crippen molar-refractivity contribution >= 4 is 11.5 Å². The number of pyridine rings is 1. The van der Waals surface area contributed by atoms with Crippen molar-refractivity contribution < 1.29 is 0 Å². The second kappa shape index (κ2) is 2.73. The van der Waals surface area contributed by atoms with Gasteiger partial charge in [-0.1, -0.05) is 0 Å². The molecule has 2 N–H and O–H groups in total. The first-order chi connectivity index (χ1) is 5.86. The molecule has 0 aromatic carbocycles. The summed E-state index contributed by atoms with van der Waals surface area (Å²) in [6.07, 6.45) is 4.11. The Morgan fingerprint density at radius 3 is 2.83 bits per heavy atom. The third kappa shape index (κ3) is 1.18. The van der Waals surface area contributed by atoms with Crippen molar-refractivity contribution in [1.82, 2.24) is 4.98 Å². The van der Waals surface area contributed by atoms with Gasteiger partial charge in [0, 0.05) is 18.0 Å². The molecule has 0 saturated heterocycles. The van der Waals surface area contributed by atoms with Crippen LogP contribution in [0.4, 0.5) is 0 Å². The lowest BCUT2D eigenvalue weighted by atomic mass is 10.1. The molecule has 0 spiro atoms. The van der Waals surface area contributed by atoms with E-state index < -0.39 is 0 Å². The molecule has 1 aromatic rings. The summed E-state index contributed by atoms with van der Waals surface area (Å²) in [6, 6.07) is 3.81. The van der Waals surface area contributed by atoms with E-state index in [1.165, 1.54) is 0 Å². The van der Waals surface area contributed by atoms with Crippen molar-refractivity contribution in [2.75, 3.05) is 0 Å². The maximum atomic E-state index is 5.48. The Bertz CT molecular complexity index is 339. The minimum absolute atomic E-state index is 0.564. The fraction of sp³-hybridized carbons (Fsp3) is 0.125. The zero-order chi connectivity index (χ0) is 8.39. The van der Waals surface area contributed by atoms with Crippen molar-refractivity contribution in [1.29, 1.82) is 0 Å². The van der Waals surface area contributed by atoms with E-state index in [-0.39, 0.29) is 0 Å². The highest BCUT2D eigenvalue weighted by molar-refractivity contribution is 6.13. The van der Waals surface area contributed by atoms with Gasteiger partial charge in [-0.15, -0.1) is 5.10 Å². The van der Waals surface area contributed by atoms with Crippen molar-refractivity contribution in [3.8, 4) is 0 Å². The molecule has 1 aromatic heterocycles. The van der Waals surface area contributed by atoms with Crippen LogP contribution in [0.3, 0.4) is 0 Å². The monoisotopic (exact) mass is 160 g/mol. The maximum Gasteiger partial charge on any atom is 0.128 e. The molecule has 0 atom stereocenters. The first kappa shape index (κ1) is 6.97. The fourth-order valence-corrected chi connectivity index (χ4v) is 1.06. The van der Waals surface area contributed by atoms with Crippen molar-refractivity contribution in [3.05, 3.63) is 30.1 Å². The largest absolute Gasteiger partial charge is 0.385 e. The van der Waals surface area contributed by atoms with Gasteiger partial charge in [0.15, 0.2) is 0 Å². The quantitative estimate of drug-likeness (QED) is 0.651. The zero-order valence-corrected chi connectivity index (χ0v) is 6.44. The molecule has 1 aliphatic heterocycles. The van der Waals surface area contributed by atoms with Gasteiger partial charge < -0.3 is 5.73 Å². The molecular formula is C8H8N4. The molecule has 0 aliphatic carbocycles. The van der Waals surface area contributed by atoms with E-state index in [4.69, 9.17) is 5.73 Å². The molecule has 0 saturated carbocycles. The minimum atomic E-state index is 0.564. The van der Waals surface area contributed by atoms with Gasteiger partial charge in [-0.05, 0) is 12.1 Å². The summed E-state index contributed by atoms with van der Waals surface area (Å²) in [6.45, 7) is 0. The molecule has 2 heterocycles. The van der Waals surface area contributed by atoms with E-state index >= 15 is 0 Å². The van der Waals surface area contributed by atoms with Gasteiger partial charge in [-0.25, -0.2) is 0 Å². The van der Waals surface area contributed by atoms with Crippen LogP contribution >= 0.6 is 0 Å². The number of aromatic nitrogens is 1. The van der Waals surface area contributed by atoms with Gasteiger partial charge in [0.1, 0.15) is 5.84 Å². The molecule has 0 radical (unpaired) electrons. The third-order valence-corrected chi connectivity index (χ3v) is 1.64. The van der Waals surface area contributed by atoms with Crippen LogP contribution in [0.5, 0.6) is 0 Å². The topological polar surface area (TPSA) is 63.6 Å². The molecular weight excluding hydrogens is 152 g/mol. The first-order valence-electron chi connectivity index (χ1n) is 3.65. The second-order valence-corrected chi connectivity index (χ2v) is 2.56. The summed E-state index contributed by atoms with van der Waals surface area (Å²) in [5, 5.41) is 7.68. The standard InChI is InChI=1S/C8H8N4/c9-8-4-7(11-12-8)6-2-1-3-10-5-6/h1-3,5H,4H2,(H2,9,12). The second-order valence-electron chi connectivity index (χ2n) is 2.56. The number of nitrogens with zero attached hydrogens (tertiary/aromatic N) is 3. The van der Waals surface area contributed by atoms with Gasteiger partial charge in [-0.3, -0.25) is 4.98 Å². The number of hydrogen-bond acceptors (Lipinski definition) is 4. The zero-order valence-electron chi connectivity index (χ0n) is 6.44. The lowest BCUT2D eigenvalue weighted by Crippen LogP contribution is -2.12. The average Bonchev–Trinajstić information content (AvgIpc) is 2.54. The van der Waals surface area contributed by atoms with Crippen LogP contribution in [0.2, 0.25) is 0 Å². The van der Waals surface area contributed by atoms with E-state index in [1.807, 2.05) is 12.1 Å². The maximum absolute atomic E-state index is 5.48. The van der Waals surface area contributed by atoms with Crippen LogP contribution in [0.25, 0.3) is 0 Å². The third-order valence-electron chi connectivity index (χ3n) is 1.64. The molecule has 0 bridgehead atoms. The highest BCUT2D eigenvalue weighted by Gasteiger charge is 2.10. The summed E-state index contributed by atoms with van der Waals surface area (Å²) in [5.41, 5.74) is 7.35. The molecule has 0 fully saturated rings. The van der Waals surface area contributed by atoms with E-state index in [1.54, 1.807) is 12.4 Å². The predicted molar refractivity (Wildman–Crippen MR) is 47.0 cm³/mol. The Labute approximate surface area is 69.8 Å². The fourth-order valence-electron chi connectivity index (χ4n) is 1.06. The predicted octanol–water partition coefficient (Wildman–Crippen LogP) is 0.547. The SMILES string of the molecule is NC1=NN=C(c2cccnc2)C1. The highest BCUT2D eigenvalue weighted by Crippen LogP contribution is 2.07. The van der Waals surface area contributed by atoms with Gasteiger partial charge >= 0.3 is 0 Å². The Hall–Kier alpha value is -1.71. The Morgan fingerprint density at radius 1 is 1.33 bits per heavy atom. The van der Waals surface area contributed by atoms with E-state index in [0.29, 0.717) is 12.3 Å². The summed E-state index contributed by atoms with van der Waals surface area (Å²) < 4.78 is 0. The molecule has 4 nitrogen and oxygen atoms in total. The first-order valence-corrected chi connectivity index (χ1v) is 3.65. The van der Waals surface area contributed by atoms with Crippen molar-refractivity contribution in [2.45, 2.75) is 6.42 Å². The van der Waals surface area contributed by atoms with E-state index in [2.05, 4.69) is 15.2 Å². The highest BCUT2D eigenvalue weighted by atomic mass is 15.3. The summed E-state index contributed by atoms with van der Waals surface area (Å²) >= 11 is 0. The molecule has 2 rings (SSSR count). The molecule has 1 aliphatic rings. The van der Waals surface area contributed by atoms with Crippen LogP contribution < -0.4 is 5.73 Å². The van der Waals surface area contributed by atoms with Crippen molar-refractivity contribution in [3.63, 3.8) is 0 Å². The lowest BCUT2D eigenvalue weighted by Gasteiger charge is -1.96. The van der Waals surface area contributed by atoms with Crippen LogP contribution in [-0.4, -0.2) is 16.5 Å². The van der Waals surface area contributed by atoms with Crippen LogP contribution in [-0.2, 0) is 0 Å². The normalized spacial score (nSPS) is 15.7. The van der Waals surface area contributed by atoms with Crippen LogP contribution in [0.15, 0.2) is 34.7 Å². The smallest absolute Gasteiger partial charge is 0.128 e. The van der Waals surface area contributed by atoms with E-state index in [0.717, 1.165) is 11.3 Å². The Balaban J connectivity index is 2.25. The van der Waals surface area contributed by atoms with Crippen molar-refractivity contribution in [2.24, 2.45) is 15.9 Å². The van der Waals surface area contributed by atoms with Gasteiger partial charge in [-0.2, -0.15) is 5.10 Å². The summed E-state index contributed by atoms with van der Waals surface area (Å²) in [4.78, 5) is 3.98. The molecule has 12 heavy (non-hydrogen) atoms. The van der Waals surface area contributed by atoms with Crippen LogP contribution in [0.1, 0.15) is 12.0 Å². The van der Waals surface area contributed by atoms with Gasteiger partial charge in [0.2, 0.25) is 0 Å². The number of hydrogen-bond donors (Lipinski definition) is 1. The number of amidine groups is 1. The number of rotatable bonds is 1.